The third kappa shape index (κ3) is 3.03. The van der Waals surface area contributed by atoms with Crippen LogP contribution in [0.1, 0.15) is 18.4 Å². The predicted octanol–water partition coefficient (Wildman–Crippen LogP) is 4.23. The van der Waals surface area contributed by atoms with Crippen LogP contribution in [0.15, 0.2) is 18.3 Å². The van der Waals surface area contributed by atoms with Crippen molar-refractivity contribution in [2.24, 2.45) is 7.05 Å². The van der Waals surface area contributed by atoms with Crippen LogP contribution in [0.2, 0.25) is 5.02 Å². The van der Waals surface area contributed by atoms with Gasteiger partial charge in [-0.25, -0.2) is 15.0 Å². The van der Waals surface area contributed by atoms with Gasteiger partial charge in [-0.05, 0) is 37.5 Å². The van der Waals surface area contributed by atoms with Crippen LogP contribution in [0.4, 0.5) is 19.0 Å². The van der Waals surface area contributed by atoms with Crippen LogP contribution in [0, 0.1) is 6.92 Å². The van der Waals surface area contributed by atoms with Gasteiger partial charge in [-0.15, -0.1) is 0 Å². The maximum atomic E-state index is 13.3. The first kappa shape index (κ1) is 18.8. The van der Waals surface area contributed by atoms with Gasteiger partial charge in [0, 0.05) is 18.6 Å². The molecule has 1 fully saturated rings. The van der Waals surface area contributed by atoms with Gasteiger partial charge in [-0.1, -0.05) is 11.6 Å². The van der Waals surface area contributed by atoms with Crippen molar-refractivity contribution >= 4 is 28.7 Å². The summed E-state index contributed by atoms with van der Waals surface area (Å²) in [6.07, 6.45) is -2.51. The number of aromatic nitrogens is 4. The number of fused-ring (bicyclic) bond motifs is 1. The predicted molar refractivity (Wildman–Crippen MR) is 99.6 cm³/mol. The molecule has 0 aliphatic carbocycles. The van der Waals surface area contributed by atoms with Crippen molar-refractivity contribution in [2.45, 2.75) is 32.0 Å². The van der Waals surface area contributed by atoms with Gasteiger partial charge in [-0.3, -0.25) is 0 Å². The monoisotopic (exact) mass is 411 g/mol. The third-order valence-electron chi connectivity index (χ3n) is 5.00. The Bertz CT molecular complexity index is 1040. The molecule has 0 amide bonds. The van der Waals surface area contributed by atoms with Crippen LogP contribution in [0.3, 0.4) is 0 Å². The normalized spacial score (nSPS) is 17.6. The van der Waals surface area contributed by atoms with Crippen molar-refractivity contribution in [2.75, 3.05) is 11.4 Å². The molecule has 0 spiro atoms. The molecule has 28 heavy (non-hydrogen) atoms. The number of hydrogen-bond donors (Lipinski definition) is 1. The summed E-state index contributed by atoms with van der Waals surface area (Å²) in [6.45, 7) is 2.05. The van der Waals surface area contributed by atoms with Gasteiger partial charge in [0.25, 0.3) is 0 Å². The minimum atomic E-state index is -4.32. The Labute approximate surface area is 163 Å². The van der Waals surface area contributed by atoms with E-state index < -0.39 is 12.2 Å². The molecule has 0 saturated carbocycles. The number of phenols is 1. The molecular weight excluding hydrogens is 395 g/mol. The largest absolute Gasteiger partial charge is 0.507 e. The van der Waals surface area contributed by atoms with Crippen LogP contribution < -0.4 is 4.90 Å². The molecule has 0 radical (unpaired) electrons. The van der Waals surface area contributed by atoms with E-state index in [1.165, 1.54) is 17.2 Å². The Morgan fingerprint density at radius 2 is 2.00 bits per heavy atom. The standard InChI is InChI=1S/C18H17ClF3N5O/c1-9-6-10(19)7-11(28)14(9)16-25-15-17(26(16)2)23-8-13(24-15)27-5-3-4-12(27)18(20,21)22/h6-8,12,28H,3-5H2,1-2H3/t12-/m1/s1. The van der Waals surface area contributed by atoms with Gasteiger partial charge in [0.05, 0.1) is 11.8 Å². The summed E-state index contributed by atoms with van der Waals surface area (Å²) < 4.78 is 41.5. The number of hydrogen-bond acceptors (Lipinski definition) is 5. The van der Waals surface area contributed by atoms with Crippen LogP contribution in [-0.4, -0.2) is 43.4 Å². The number of halogens is 4. The van der Waals surface area contributed by atoms with E-state index in [9.17, 15) is 18.3 Å². The van der Waals surface area contributed by atoms with E-state index in [1.807, 2.05) is 0 Å². The van der Waals surface area contributed by atoms with Crippen molar-refractivity contribution in [3.8, 4) is 17.1 Å². The molecule has 6 nitrogen and oxygen atoms in total. The number of aromatic hydroxyl groups is 1. The van der Waals surface area contributed by atoms with Gasteiger partial charge in [0.1, 0.15) is 23.4 Å². The van der Waals surface area contributed by atoms with Gasteiger partial charge in [-0.2, -0.15) is 13.2 Å². The highest BCUT2D eigenvalue weighted by molar-refractivity contribution is 6.31. The Morgan fingerprint density at radius 1 is 1.25 bits per heavy atom. The first-order chi connectivity index (χ1) is 13.2. The Balaban J connectivity index is 1.81. The lowest BCUT2D eigenvalue weighted by molar-refractivity contribution is -0.146. The number of nitrogens with zero attached hydrogens (tertiary/aromatic N) is 5. The van der Waals surface area contributed by atoms with Crippen LogP contribution >= 0.6 is 11.6 Å². The molecule has 148 valence electrons. The topological polar surface area (TPSA) is 67.1 Å². The second-order valence-electron chi connectivity index (χ2n) is 6.88. The van der Waals surface area contributed by atoms with E-state index in [4.69, 9.17) is 11.6 Å². The number of anilines is 1. The second-order valence-corrected chi connectivity index (χ2v) is 7.32. The van der Waals surface area contributed by atoms with E-state index in [-0.39, 0.29) is 30.2 Å². The van der Waals surface area contributed by atoms with E-state index >= 15 is 0 Å². The molecule has 3 aromatic rings. The molecule has 10 heteroatoms. The lowest BCUT2D eigenvalue weighted by Gasteiger charge is -2.26. The fourth-order valence-corrected chi connectivity index (χ4v) is 3.98. The molecule has 1 aliphatic rings. The van der Waals surface area contributed by atoms with Crippen LogP contribution in [0.25, 0.3) is 22.7 Å². The van der Waals surface area contributed by atoms with Crippen molar-refractivity contribution in [1.29, 1.82) is 0 Å². The summed E-state index contributed by atoms with van der Waals surface area (Å²) in [7, 11) is 1.71. The zero-order chi connectivity index (χ0) is 20.2. The highest BCUT2D eigenvalue weighted by Crippen LogP contribution is 2.37. The first-order valence-electron chi connectivity index (χ1n) is 8.69. The van der Waals surface area contributed by atoms with Crippen molar-refractivity contribution < 1.29 is 18.3 Å². The van der Waals surface area contributed by atoms with E-state index in [1.54, 1.807) is 24.6 Å². The maximum Gasteiger partial charge on any atom is 0.408 e. The van der Waals surface area contributed by atoms with Gasteiger partial charge >= 0.3 is 6.18 Å². The Kier molecular flexibility index (Phi) is 4.37. The molecular formula is C18H17ClF3N5O. The molecule has 0 bridgehead atoms. The van der Waals surface area contributed by atoms with Gasteiger partial charge in [0.15, 0.2) is 11.3 Å². The average Bonchev–Trinajstić information content (AvgIpc) is 3.19. The second kappa shape index (κ2) is 6.51. The molecule has 3 heterocycles. The third-order valence-corrected chi connectivity index (χ3v) is 5.22. The highest BCUT2D eigenvalue weighted by Gasteiger charge is 2.46. The van der Waals surface area contributed by atoms with E-state index in [0.29, 0.717) is 34.0 Å². The molecule has 4 rings (SSSR count). The van der Waals surface area contributed by atoms with E-state index in [0.717, 1.165) is 0 Å². The summed E-state index contributed by atoms with van der Waals surface area (Å²) in [6, 6.07) is 1.54. The van der Waals surface area contributed by atoms with Gasteiger partial charge in [0.2, 0.25) is 0 Å². The summed E-state index contributed by atoms with van der Waals surface area (Å²) in [5.74, 6) is 0.516. The zero-order valence-electron chi connectivity index (χ0n) is 15.1. The average molecular weight is 412 g/mol. The van der Waals surface area contributed by atoms with Crippen LogP contribution in [0.5, 0.6) is 5.75 Å². The molecule has 1 aliphatic heterocycles. The molecule has 1 saturated heterocycles. The lowest BCUT2D eigenvalue weighted by Crippen LogP contribution is -2.41. The summed E-state index contributed by atoms with van der Waals surface area (Å²) in [4.78, 5) is 14.3. The summed E-state index contributed by atoms with van der Waals surface area (Å²) >= 11 is 5.96. The van der Waals surface area contributed by atoms with Crippen molar-refractivity contribution in [3.63, 3.8) is 0 Å². The SMILES string of the molecule is Cc1cc(Cl)cc(O)c1-c1nc2nc(N3CCC[C@@H]3C(F)(F)F)cnc2n1C. The number of aryl methyl sites for hydroxylation is 2. The smallest absolute Gasteiger partial charge is 0.408 e. The zero-order valence-corrected chi connectivity index (χ0v) is 15.9. The fraction of sp³-hybridized carbons (Fsp3) is 0.389. The number of rotatable bonds is 2. The Hall–Kier alpha value is -2.55. The van der Waals surface area contributed by atoms with Crippen molar-refractivity contribution in [3.05, 3.63) is 28.9 Å². The molecule has 2 aromatic heterocycles. The molecule has 0 unspecified atom stereocenters. The lowest BCUT2D eigenvalue weighted by atomic mass is 10.1. The minimum Gasteiger partial charge on any atom is -0.507 e. The first-order valence-corrected chi connectivity index (χ1v) is 9.07. The number of benzene rings is 1. The summed E-state index contributed by atoms with van der Waals surface area (Å²) in [5.41, 5.74) is 1.81. The maximum absolute atomic E-state index is 13.3. The number of alkyl halides is 3. The summed E-state index contributed by atoms with van der Waals surface area (Å²) in [5, 5.41) is 10.7. The van der Waals surface area contributed by atoms with E-state index in [2.05, 4.69) is 15.0 Å². The van der Waals surface area contributed by atoms with Crippen LogP contribution in [-0.2, 0) is 7.05 Å². The van der Waals surface area contributed by atoms with Crippen molar-refractivity contribution in [1.82, 2.24) is 19.5 Å². The fourth-order valence-electron chi connectivity index (χ4n) is 3.71. The Morgan fingerprint density at radius 3 is 2.68 bits per heavy atom. The number of phenolic OH excluding ortho intramolecular Hbond substituents is 1. The van der Waals surface area contributed by atoms with Gasteiger partial charge < -0.3 is 14.6 Å². The minimum absolute atomic E-state index is 0.0362. The number of imidazole rings is 1. The molecule has 1 atom stereocenters. The quantitative estimate of drug-likeness (QED) is 0.683. The molecule has 1 N–H and O–H groups in total. The highest BCUT2D eigenvalue weighted by atomic mass is 35.5. The molecule has 1 aromatic carbocycles.